The lowest BCUT2D eigenvalue weighted by atomic mass is 9.88. The normalized spacial score (nSPS) is 17.8. The molecule has 2 aromatic rings. The van der Waals surface area contributed by atoms with Crippen molar-refractivity contribution in [2.24, 2.45) is 5.92 Å². The maximum atomic E-state index is 12.8. The number of likely N-dealkylation sites (tertiary alicyclic amines) is 1. The third kappa shape index (κ3) is 5.96. The number of ether oxygens (including phenoxy) is 1. The molecule has 33 heavy (non-hydrogen) atoms. The fourth-order valence-corrected chi connectivity index (χ4v) is 4.51. The number of carboxylic acids is 1. The van der Waals surface area contributed by atoms with Gasteiger partial charge in [0.1, 0.15) is 5.82 Å². The number of nitrogens with zero attached hydrogens (tertiary/aromatic N) is 3. The number of carbonyl (C=O) groups excluding carboxylic acids is 1. The van der Waals surface area contributed by atoms with E-state index in [-0.39, 0.29) is 31.7 Å². The highest BCUT2D eigenvalue weighted by Gasteiger charge is 2.41. The molecular formula is C24H32N4O4S. The van der Waals surface area contributed by atoms with Gasteiger partial charge in [0.15, 0.2) is 0 Å². The Morgan fingerprint density at radius 2 is 2.15 bits per heavy atom. The summed E-state index contributed by atoms with van der Waals surface area (Å²) in [5.74, 6) is 0.545. The predicted molar refractivity (Wildman–Crippen MR) is 130 cm³/mol. The molecule has 0 radical (unpaired) electrons. The number of carboxylic acid groups (broad SMARTS) is 1. The summed E-state index contributed by atoms with van der Waals surface area (Å²) in [6, 6.07) is 7.26. The zero-order valence-electron chi connectivity index (χ0n) is 18.9. The lowest BCUT2D eigenvalue weighted by Gasteiger charge is -2.43. The number of aryl methyl sites for hydroxylation is 2. The third-order valence-corrected chi connectivity index (χ3v) is 6.33. The van der Waals surface area contributed by atoms with Gasteiger partial charge in [-0.25, -0.2) is 9.97 Å². The van der Waals surface area contributed by atoms with E-state index >= 15 is 0 Å². The van der Waals surface area contributed by atoms with Gasteiger partial charge in [-0.15, -0.1) is 0 Å². The number of hydrogen-bond donors (Lipinski definition) is 2. The molecule has 1 fully saturated rings. The average molecular weight is 473 g/mol. The minimum absolute atomic E-state index is 0. The van der Waals surface area contributed by atoms with Crippen LogP contribution in [0.15, 0.2) is 30.5 Å². The van der Waals surface area contributed by atoms with Crippen LogP contribution in [0.5, 0.6) is 5.88 Å². The molecular weight excluding hydrogens is 440 g/mol. The summed E-state index contributed by atoms with van der Waals surface area (Å²) in [7, 11) is 1.53. The smallest absolute Gasteiger partial charge is 0.305 e. The molecule has 4 rings (SSSR count). The summed E-state index contributed by atoms with van der Waals surface area (Å²) in [4.78, 5) is 34.7. The molecule has 0 aliphatic carbocycles. The van der Waals surface area contributed by atoms with Crippen molar-refractivity contribution in [3.63, 3.8) is 0 Å². The van der Waals surface area contributed by atoms with Crippen molar-refractivity contribution < 1.29 is 19.4 Å². The monoisotopic (exact) mass is 472 g/mol. The first-order valence-corrected chi connectivity index (χ1v) is 11.3. The van der Waals surface area contributed by atoms with Crippen molar-refractivity contribution >= 4 is 31.2 Å². The zero-order chi connectivity index (χ0) is 22.5. The number of carbonyl (C=O) groups is 2. The number of rotatable bonds is 10. The van der Waals surface area contributed by atoms with E-state index in [1.54, 1.807) is 23.2 Å². The molecule has 0 aromatic carbocycles. The minimum Gasteiger partial charge on any atom is -0.481 e. The quantitative estimate of drug-likeness (QED) is 0.404. The first-order valence-electron chi connectivity index (χ1n) is 11.3. The summed E-state index contributed by atoms with van der Waals surface area (Å²) < 4.78 is 5.07. The van der Waals surface area contributed by atoms with Crippen LogP contribution in [0.4, 0.5) is 5.82 Å². The van der Waals surface area contributed by atoms with Crippen molar-refractivity contribution in [2.75, 3.05) is 25.5 Å². The molecule has 9 heteroatoms. The lowest BCUT2D eigenvalue weighted by molar-refractivity contribution is -0.154. The Hall–Kier alpha value is -2.81. The summed E-state index contributed by atoms with van der Waals surface area (Å²) >= 11 is 0. The first kappa shape index (κ1) is 24.8. The van der Waals surface area contributed by atoms with Crippen molar-refractivity contribution in [2.45, 2.75) is 51.0 Å². The Bertz CT molecular complexity index is 969. The summed E-state index contributed by atoms with van der Waals surface area (Å²) in [5.41, 5.74) is 3.10. The molecule has 2 aliphatic rings. The summed E-state index contributed by atoms with van der Waals surface area (Å²) in [5, 5.41) is 12.7. The van der Waals surface area contributed by atoms with E-state index in [1.807, 2.05) is 0 Å². The highest BCUT2D eigenvalue weighted by molar-refractivity contribution is 7.59. The van der Waals surface area contributed by atoms with Crippen LogP contribution >= 0.6 is 13.5 Å². The van der Waals surface area contributed by atoms with E-state index in [0.29, 0.717) is 18.0 Å². The van der Waals surface area contributed by atoms with Crippen LogP contribution in [-0.2, 0) is 22.4 Å². The molecule has 2 N–H and O–H groups in total. The van der Waals surface area contributed by atoms with Gasteiger partial charge in [-0.3, -0.25) is 9.59 Å². The van der Waals surface area contributed by atoms with Crippen LogP contribution in [0.2, 0.25) is 0 Å². The standard InChI is InChI=1S/C24H30N4O4.H2S/c1-32-21-11-9-17(14-26-21)20(13-22(29)30)28-15-18(24(28)31)5-2-3-7-19-10-8-16-6-4-12-25-23(16)27-19;/h8-11,14,18,20H,2-7,12-13,15H2,1H3,(H,25,27)(H,29,30);1H2/t18?,20-;/m0./s1. The molecule has 0 saturated carbocycles. The molecule has 8 nitrogen and oxygen atoms in total. The van der Waals surface area contributed by atoms with Gasteiger partial charge in [0, 0.05) is 31.0 Å². The molecule has 2 aliphatic heterocycles. The predicted octanol–water partition coefficient (Wildman–Crippen LogP) is 3.34. The van der Waals surface area contributed by atoms with Gasteiger partial charge >= 0.3 is 5.97 Å². The van der Waals surface area contributed by atoms with Crippen LogP contribution in [0.3, 0.4) is 0 Å². The second kappa shape index (κ2) is 11.4. The number of hydrogen-bond acceptors (Lipinski definition) is 6. The van der Waals surface area contributed by atoms with Crippen LogP contribution in [0.25, 0.3) is 0 Å². The van der Waals surface area contributed by atoms with E-state index in [0.717, 1.165) is 56.6 Å². The Morgan fingerprint density at radius 3 is 2.85 bits per heavy atom. The fraction of sp³-hybridized carbons (Fsp3) is 0.500. The van der Waals surface area contributed by atoms with Crippen molar-refractivity contribution in [3.8, 4) is 5.88 Å². The van der Waals surface area contributed by atoms with Gasteiger partial charge in [0.2, 0.25) is 11.8 Å². The Kier molecular flexibility index (Phi) is 8.55. The van der Waals surface area contributed by atoms with Crippen LogP contribution < -0.4 is 10.1 Å². The van der Waals surface area contributed by atoms with Gasteiger partial charge in [0.05, 0.1) is 25.5 Å². The van der Waals surface area contributed by atoms with Crippen molar-refractivity contribution in [1.29, 1.82) is 0 Å². The van der Waals surface area contributed by atoms with Gasteiger partial charge in [0.25, 0.3) is 0 Å². The number of anilines is 1. The fourth-order valence-electron chi connectivity index (χ4n) is 4.51. The van der Waals surface area contributed by atoms with Crippen LogP contribution in [-0.4, -0.2) is 52.1 Å². The number of pyridine rings is 2. The molecule has 0 spiro atoms. The Morgan fingerprint density at radius 1 is 1.30 bits per heavy atom. The molecule has 1 saturated heterocycles. The van der Waals surface area contributed by atoms with Crippen molar-refractivity contribution in [1.82, 2.24) is 14.9 Å². The van der Waals surface area contributed by atoms with Gasteiger partial charge in [-0.2, -0.15) is 13.5 Å². The minimum atomic E-state index is -0.936. The Balaban J connectivity index is 0.00000306. The maximum absolute atomic E-state index is 12.8. The topological polar surface area (TPSA) is 105 Å². The van der Waals surface area contributed by atoms with Gasteiger partial charge in [-0.05, 0) is 49.3 Å². The number of aromatic nitrogens is 2. The highest BCUT2D eigenvalue weighted by atomic mass is 32.1. The first-order chi connectivity index (χ1) is 15.5. The van der Waals surface area contributed by atoms with Crippen molar-refractivity contribution in [3.05, 3.63) is 47.3 Å². The van der Waals surface area contributed by atoms with E-state index in [9.17, 15) is 14.7 Å². The second-order valence-electron chi connectivity index (χ2n) is 8.52. The molecule has 0 bridgehead atoms. The van der Waals surface area contributed by atoms with E-state index < -0.39 is 12.0 Å². The number of β-lactam (4-membered cyclic amide) rings is 1. The summed E-state index contributed by atoms with van der Waals surface area (Å²) in [6.07, 6.45) is 7.35. The van der Waals surface area contributed by atoms with E-state index in [2.05, 4.69) is 22.4 Å². The van der Waals surface area contributed by atoms with Crippen LogP contribution in [0, 0.1) is 5.92 Å². The average Bonchev–Trinajstić information content (AvgIpc) is 2.81. The molecule has 1 unspecified atom stereocenters. The lowest BCUT2D eigenvalue weighted by Crippen LogP contribution is -2.54. The van der Waals surface area contributed by atoms with E-state index in [4.69, 9.17) is 9.72 Å². The SMILES string of the molecule is COc1ccc([C@H](CC(=O)O)N2CC(CCCCc3ccc4c(n3)NCCC4)C2=O)cn1.S. The Labute approximate surface area is 201 Å². The number of methoxy groups -OCH3 is 1. The summed E-state index contributed by atoms with van der Waals surface area (Å²) in [6.45, 7) is 1.57. The third-order valence-electron chi connectivity index (χ3n) is 6.33. The molecule has 2 atom stereocenters. The highest BCUT2D eigenvalue weighted by Crippen LogP contribution is 2.35. The van der Waals surface area contributed by atoms with Gasteiger partial charge < -0.3 is 20.1 Å². The largest absolute Gasteiger partial charge is 0.481 e. The van der Waals surface area contributed by atoms with Gasteiger partial charge in [-0.1, -0.05) is 18.6 Å². The second-order valence-corrected chi connectivity index (χ2v) is 8.52. The molecule has 1 amide bonds. The molecule has 2 aromatic heterocycles. The molecule has 4 heterocycles. The number of amides is 1. The van der Waals surface area contributed by atoms with Crippen LogP contribution in [0.1, 0.15) is 55.0 Å². The maximum Gasteiger partial charge on any atom is 0.305 e. The number of unbranched alkanes of at least 4 members (excludes halogenated alkanes) is 1. The molecule has 178 valence electrons. The zero-order valence-corrected chi connectivity index (χ0v) is 19.9. The number of nitrogens with one attached hydrogen (secondary N) is 1. The number of aliphatic carboxylic acids is 1. The van der Waals surface area contributed by atoms with E-state index in [1.165, 1.54) is 12.7 Å². The number of fused-ring (bicyclic) bond motifs is 1.